The Kier molecular flexibility index (Phi) is 7.27. The van der Waals surface area contributed by atoms with Crippen molar-refractivity contribution in [3.63, 3.8) is 0 Å². The van der Waals surface area contributed by atoms with Crippen LogP contribution in [0.25, 0.3) is 0 Å². The minimum atomic E-state index is 0. The maximum atomic E-state index is 11.9. The fourth-order valence-corrected chi connectivity index (χ4v) is 3.84. The van der Waals surface area contributed by atoms with Crippen molar-refractivity contribution in [2.45, 2.75) is 45.1 Å². The Hall–Kier alpha value is -0.320. The summed E-state index contributed by atoms with van der Waals surface area (Å²) in [5, 5.41) is 0. The molecule has 0 radical (unpaired) electrons. The fraction of sp³-hybridized carbons (Fsp3) is 0.933. The SMILES string of the molecule is CCC1CC(C2CCN(C)CC2)CCN1C(=O)CN.Cl. The fourth-order valence-electron chi connectivity index (χ4n) is 3.84. The summed E-state index contributed by atoms with van der Waals surface area (Å²) in [6.45, 7) is 5.76. The lowest BCUT2D eigenvalue weighted by Gasteiger charge is -2.43. The normalized spacial score (nSPS) is 29.1. The minimum Gasteiger partial charge on any atom is -0.339 e. The van der Waals surface area contributed by atoms with Crippen LogP contribution < -0.4 is 5.73 Å². The Labute approximate surface area is 129 Å². The highest BCUT2D eigenvalue weighted by molar-refractivity contribution is 5.85. The Morgan fingerprint density at radius 1 is 1.15 bits per heavy atom. The summed E-state index contributed by atoms with van der Waals surface area (Å²) in [6.07, 6.45) is 6.10. The molecule has 0 spiro atoms. The van der Waals surface area contributed by atoms with Gasteiger partial charge in [0.2, 0.25) is 5.91 Å². The molecule has 2 saturated heterocycles. The number of likely N-dealkylation sites (tertiary alicyclic amines) is 2. The second kappa shape index (κ2) is 8.20. The largest absolute Gasteiger partial charge is 0.339 e. The summed E-state index contributed by atoms with van der Waals surface area (Å²) in [7, 11) is 2.22. The maximum Gasteiger partial charge on any atom is 0.236 e. The van der Waals surface area contributed by atoms with Crippen LogP contribution in [0.3, 0.4) is 0 Å². The highest BCUT2D eigenvalue weighted by Gasteiger charge is 2.34. The molecule has 0 aromatic carbocycles. The van der Waals surface area contributed by atoms with Gasteiger partial charge in [-0.3, -0.25) is 4.79 Å². The van der Waals surface area contributed by atoms with Crippen molar-refractivity contribution < 1.29 is 4.79 Å². The van der Waals surface area contributed by atoms with Crippen molar-refractivity contribution in [1.29, 1.82) is 0 Å². The van der Waals surface area contributed by atoms with E-state index in [4.69, 9.17) is 5.73 Å². The van der Waals surface area contributed by atoms with Gasteiger partial charge in [-0.05, 0) is 64.1 Å². The van der Waals surface area contributed by atoms with E-state index in [1.807, 2.05) is 4.90 Å². The Morgan fingerprint density at radius 2 is 1.75 bits per heavy atom. The Balaban J connectivity index is 0.00000200. The summed E-state index contributed by atoms with van der Waals surface area (Å²) >= 11 is 0. The van der Waals surface area contributed by atoms with Crippen LogP contribution in [0.5, 0.6) is 0 Å². The molecule has 0 aliphatic carbocycles. The molecule has 0 aromatic heterocycles. The van der Waals surface area contributed by atoms with Gasteiger partial charge in [0.1, 0.15) is 0 Å². The third kappa shape index (κ3) is 4.09. The topological polar surface area (TPSA) is 49.6 Å². The van der Waals surface area contributed by atoms with E-state index in [-0.39, 0.29) is 24.9 Å². The summed E-state index contributed by atoms with van der Waals surface area (Å²) < 4.78 is 0. The first-order valence-electron chi connectivity index (χ1n) is 7.83. The molecule has 2 aliphatic heterocycles. The van der Waals surface area contributed by atoms with Crippen LogP contribution >= 0.6 is 12.4 Å². The van der Waals surface area contributed by atoms with E-state index in [1.54, 1.807) is 0 Å². The molecule has 118 valence electrons. The number of nitrogens with zero attached hydrogens (tertiary/aromatic N) is 2. The summed E-state index contributed by atoms with van der Waals surface area (Å²) in [5.41, 5.74) is 5.52. The molecule has 0 saturated carbocycles. The van der Waals surface area contributed by atoms with Crippen molar-refractivity contribution >= 4 is 18.3 Å². The van der Waals surface area contributed by atoms with Crippen LogP contribution in [0.2, 0.25) is 0 Å². The first-order valence-corrected chi connectivity index (χ1v) is 7.83. The molecule has 1 amide bonds. The predicted octanol–water partition coefficient (Wildman–Crippen LogP) is 1.73. The number of carbonyl (C=O) groups excluding carboxylic acids is 1. The van der Waals surface area contributed by atoms with Gasteiger partial charge in [0.05, 0.1) is 6.54 Å². The van der Waals surface area contributed by atoms with Crippen LogP contribution in [0, 0.1) is 11.8 Å². The molecule has 2 atom stereocenters. The Morgan fingerprint density at radius 3 is 2.30 bits per heavy atom. The average Bonchev–Trinajstić information content (AvgIpc) is 2.46. The first-order chi connectivity index (χ1) is 9.15. The van der Waals surface area contributed by atoms with Gasteiger partial charge in [-0.1, -0.05) is 6.92 Å². The van der Waals surface area contributed by atoms with Crippen molar-refractivity contribution in [3.05, 3.63) is 0 Å². The lowest BCUT2D eigenvalue weighted by atomic mass is 9.76. The highest BCUT2D eigenvalue weighted by Crippen LogP contribution is 2.35. The second-order valence-electron chi connectivity index (χ2n) is 6.28. The number of hydrogen-bond acceptors (Lipinski definition) is 3. The van der Waals surface area contributed by atoms with Crippen LogP contribution in [0.4, 0.5) is 0 Å². The molecule has 2 fully saturated rings. The number of nitrogens with two attached hydrogens (primary N) is 1. The molecule has 2 aliphatic rings. The molecule has 4 nitrogen and oxygen atoms in total. The zero-order chi connectivity index (χ0) is 13.8. The summed E-state index contributed by atoms with van der Waals surface area (Å²) in [6, 6.07) is 0.425. The van der Waals surface area contributed by atoms with E-state index >= 15 is 0 Å². The summed E-state index contributed by atoms with van der Waals surface area (Å²) in [4.78, 5) is 16.3. The van der Waals surface area contributed by atoms with Gasteiger partial charge in [-0.15, -0.1) is 12.4 Å². The Bertz CT molecular complexity index is 305. The van der Waals surface area contributed by atoms with Crippen molar-refractivity contribution in [3.8, 4) is 0 Å². The van der Waals surface area contributed by atoms with Gasteiger partial charge in [-0.25, -0.2) is 0 Å². The molecule has 5 heteroatoms. The maximum absolute atomic E-state index is 11.9. The molecule has 2 heterocycles. The van der Waals surface area contributed by atoms with E-state index in [0.717, 1.165) is 24.8 Å². The van der Waals surface area contributed by atoms with E-state index in [1.165, 1.54) is 38.8 Å². The number of hydrogen-bond donors (Lipinski definition) is 1. The minimum absolute atomic E-state index is 0. The van der Waals surface area contributed by atoms with Crippen LogP contribution in [0.1, 0.15) is 39.0 Å². The standard InChI is InChI=1S/C15H29N3O.ClH/c1-3-14-10-13(6-9-18(14)15(19)11-16)12-4-7-17(2)8-5-12;/h12-14H,3-11,16H2,1-2H3;1H. The lowest BCUT2D eigenvalue weighted by Crippen LogP contribution is -2.49. The zero-order valence-electron chi connectivity index (χ0n) is 12.9. The lowest BCUT2D eigenvalue weighted by molar-refractivity contribution is -0.134. The monoisotopic (exact) mass is 303 g/mol. The van der Waals surface area contributed by atoms with Gasteiger partial charge in [0, 0.05) is 12.6 Å². The number of halogens is 1. The molecule has 20 heavy (non-hydrogen) atoms. The quantitative estimate of drug-likeness (QED) is 0.864. The van der Waals surface area contributed by atoms with E-state index < -0.39 is 0 Å². The van der Waals surface area contributed by atoms with E-state index in [0.29, 0.717) is 6.04 Å². The summed E-state index contributed by atoms with van der Waals surface area (Å²) in [5.74, 6) is 1.83. The smallest absolute Gasteiger partial charge is 0.236 e. The van der Waals surface area contributed by atoms with Crippen molar-refractivity contribution in [1.82, 2.24) is 9.80 Å². The van der Waals surface area contributed by atoms with Crippen molar-refractivity contribution in [2.24, 2.45) is 17.6 Å². The molecule has 0 aromatic rings. The van der Waals surface area contributed by atoms with Gasteiger partial charge < -0.3 is 15.5 Å². The predicted molar refractivity (Wildman–Crippen MR) is 85.0 cm³/mol. The number of carbonyl (C=O) groups is 1. The molecular formula is C15H30ClN3O. The van der Waals surface area contributed by atoms with Gasteiger partial charge in [0.25, 0.3) is 0 Å². The van der Waals surface area contributed by atoms with Gasteiger partial charge in [-0.2, -0.15) is 0 Å². The second-order valence-corrected chi connectivity index (χ2v) is 6.28. The molecular weight excluding hydrogens is 274 g/mol. The number of piperidine rings is 2. The number of amides is 1. The highest BCUT2D eigenvalue weighted by atomic mass is 35.5. The van der Waals surface area contributed by atoms with Crippen LogP contribution in [-0.4, -0.2) is 55.0 Å². The van der Waals surface area contributed by atoms with Gasteiger partial charge in [0.15, 0.2) is 0 Å². The van der Waals surface area contributed by atoms with Crippen molar-refractivity contribution in [2.75, 3.05) is 33.2 Å². The molecule has 2 rings (SSSR count). The average molecular weight is 304 g/mol. The van der Waals surface area contributed by atoms with Crippen LogP contribution in [0.15, 0.2) is 0 Å². The first kappa shape index (κ1) is 17.7. The van der Waals surface area contributed by atoms with Gasteiger partial charge >= 0.3 is 0 Å². The van der Waals surface area contributed by atoms with Crippen LogP contribution in [-0.2, 0) is 4.79 Å². The van der Waals surface area contributed by atoms with E-state index in [9.17, 15) is 4.79 Å². The third-order valence-electron chi connectivity index (χ3n) is 5.15. The van der Waals surface area contributed by atoms with E-state index in [2.05, 4.69) is 18.9 Å². The zero-order valence-corrected chi connectivity index (χ0v) is 13.7. The number of rotatable bonds is 3. The molecule has 2 unspecified atom stereocenters. The molecule has 2 N–H and O–H groups in total. The third-order valence-corrected chi connectivity index (χ3v) is 5.15. The molecule has 0 bridgehead atoms.